The van der Waals surface area contributed by atoms with E-state index in [0.29, 0.717) is 18.6 Å². The van der Waals surface area contributed by atoms with Gasteiger partial charge in [0.15, 0.2) is 0 Å². The third kappa shape index (κ3) is 11.5. The van der Waals surface area contributed by atoms with Crippen molar-refractivity contribution in [1.29, 1.82) is 0 Å². The van der Waals surface area contributed by atoms with Gasteiger partial charge in [-0.2, -0.15) is 29.3 Å². The van der Waals surface area contributed by atoms with Crippen LogP contribution in [0.2, 0.25) is 0 Å². The van der Waals surface area contributed by atoms with Crippen molar-refractivity contribution in [3.63, 3.8) is 0 Å². The number of ketones is 1. The Kier molecular flexibility index (Phi) is 14.2. The summed E-state index contributed by atoms with van der Waals surface area (Å²) in [7, 11) is 1.40. The number of carbonyl (C=O) groups excluding carboxylic acids is 2. The summed E-state index contributed by atoms with van der Waals surface area (Å²) in [6, 6.07) is 9.50. The second-order valence-corrected chi connectivity index (χ2v) is 8.52. The molecule has 1 aliphatic carbocycles. The van der Waals surface area contributed by atoms with Crippen LogP contribution in [0.5, 0.6) is 0 Å². The molecule has 8 heteroatoms. The third-order valence-corrected chi connectivity index (χ3v) is 5.91. The van der Waals surface area contributed by atoms with Crippen molar-refractivity contribution in [1.82, 2.24) is 0 Å². The molecule has 3 atom stereocenters. The lowest BCUT2D eigenvalue weighted by Gasteiger charge is -2.09. The molecular formula is C22H31NO5S2. The van der Waals surface area contributed by atoms with E-state index >= 15 is 0 Å². The molecule has 1 aromatic carbocycles. The standard InChI is InChI=1S/C16H19NO3.C6H12O2S2/c18-14(8-6-12-4-2-1-3-5-12)9-7-13-10-15(19)11-16(13)17-20;1-8-6(7)5-10-4-2-3-9/h1-5,7,9,13-14,16,18H,6,8,10-11H2;9H,2-5H2,1H3/b9-7+;. The highest BCUT2D eigenvalue weighted by molar-refractivity contribution is 7.99. The molecule has 0 heterocycles. The van der Waals surface area contributed by atoms with Gasteiger partial charge in [0.25, 0.3) is 0 Å². The average Bonchev–Trinajstić information content (AvgIpc) is 3.14. The van der Waals surface area contributed by atoms with Crippen LogP contribution in [0, 0.1) is 10.8 Å². The zero-order valence-corrected chi connectivity index (χ0v) is 19.0. The zero-order valence-electron chi connectivity index (χ0n) is 17.3. The van der Waals surface area contributed by atoms with E-state index < -0.39 is 12.1 Å². The van der Waals surface area contributed by atoms with E-state index in [1.165, 1.54) is 12.7 Å². The molecule has 1 saturated carbocycles. The van der Waals surface area contributed by atoms with Gasteiger partial charge in [-0.1, -0.05) is 47.7 Å². The summed E-state index contributed by atoms with van der Waals surface area (Å²) < 4.78 is 4.45. The average molecular weight is 454 g/mol. The molecule has 1 N–H and O–H groups in total. The second-order valence-electron chi connectivity index (χ2n) is 6.97. The number of benzene rings is 1. The molecule has 30 heavy (non-hydrogen) atoms. The first-order valence-electron chi connectivity index (χ1n) is 10.00. The number of rotatable bonds is 11. The van der Waals surface area contributed by atoms with Crippen molar-refractivity contribution in [2.45, 2.75) is 44.2 Å². The number of esters is 1. The maximum atomic E-state index is 11.3. The molecule has 0 amide bonds. The number of thiol groups is 1. The molecule has 0 aliphatic heterocycles. The van der Waals surface area contributed by atoms with Crippen LogP contribution >= 0.6 is 24.4 Å². The van der Waals surface area contributed by atoms with E-state index in [2.05, 4.69) is 22.5 Å². The Morgan fingerprint density at radius 3 is 2.73 bits per heavy atom. The topological polar surface area (TPSA) is 93.0 Å². The predicted octanol–water partition coefficient (Wildman–Crippen LogP) is 3.86. The fraction of sp³-hybridized carbons (Fsp3) is 0.545. The monoisotopic (exact) mass is 453 g/mol. The van der Waals surface area contributed by atoms with Crippen molar-refractivity contribution in [3.8, 4) is 0 Å². The molecule has 3 unspecified atom stereocenters. The fourth-order valence-corrected chi connectivity index (χ4v) is 4.04. The van der Waals surface area contributed by atoms with Crippen LogP contribution in [0.15, 0.2) is 47.7 Å². The van der Waals surface area contributed by atoms with E-state index in [-0.39, 0.29) is 24.1 Å². The summed E-state index contributed by atoms with van der Waals surface area (Å²) in [6.45, 7) is 0. The number of methoxy groups -OCH3 is 1. The fourth-order valence-electron chi connectivity index (χ4n) is 2.89. The summed E-state index contributed by atoms with van der Waals surface area (Å²) in [6.07, 6.45) is 5.96. The van der Waals surface area contributed by atoms with Crippen molar-refractivity contribution in [3.05, 3.63) is 53.0 Å². The van der Waals surface area contributed by atoms with Crippen LogP contribution in [0.4, 0.5) is 0 Å². The number of aryl methyl sites for hydroxylation is 1. The molecule has 0 bridgehead atoms. The highest BCUT2D eigenvalue weighted by Crippen LogP contribution is 2.27. The van der Waals surface area contributed by atoms with Gasteiger partial charge >= 0.3 is 5.97 Å². The lowest BCUT2D eigenvalue weighted by Crippen LogP contribution is -2.10. The molecule has 0 spiro atoms. The van der Waals surface area contributed by atoms with E-state index in [1.807, 2.05) is 30.3 Å². The molecule has 1 aromatic rings. The highest BCUT2D eigenvalue weighted by Gasteiger charge is 2.32. The Morgan fingerprint density at radius 2 is 2.10 bits per heavy atom. The quantitative estimate of drug-likeness (QED) is 0.174. The van der Waals surface area contributed by atoms with Gasteiger partial charge in [0, 0.05) is 18.8 Å². The Labute approximate surface area is 188 Å². The lowest BCUT2D eigenvalue weighted by molar-refractivity contribution is -0.137. The summed E-state index contributed by atoms with van der Waals surface area (Å²) in [5, 5.41) is 12.9. The van der Waals surface area contributed by atoms with Gasteiger partial charge < -0.3 is 9.84 Å². The number of ether oxygens (including phenoxy) is 1. The first-order chi connectivity index (χ1) is 14.5. The summed E-state index contributed by atoms with van der Waals surface area (Å²) >= 11 is 5.63. The number of Topliss-reactive ketones (excluding diaryl/α,β-unsaturated/α-hetero) is 1. The van der Waals surface area contributed by atoms with Gasteiger partial charge in [0.2, 0.25) is 0 Å². The van der Waals surface area contributed by atoms with Gasteiger partial charge in [0.1, 0.15) is 11.8 Å². The minimum Gasteiger partial charge on any atom is -0.468 e. The maximum Gasteiger partial charge on any atom is 0.315 e. The smallest absolute Gasteiger partial charge is 0.315 e. The van der Waals surface area contributed by atoms with Crippen LogP contribution in [-0.2, 0) is 20.7 Å². The number of hydrogen-bond acceptors (Lipinski definition) is 8. The maximum absolute atomic E-state index is 11.3. The van der Waals surface area contributed by atoms with E-state index in [4.69, 9.17) is 0 Å². The van der Waals surface area contributed by atoms with Gasteiger partial charge in [-0.15, -0.1) is 0 Å². The molecule has 6 nitrogen and oxygen atoms in total. The molecule has 0 radical (unpaired) electrons. The normalized spacial score (nSPS) is 19.2. The van der Waals surface area contributed by atoms with Crippen LogP contribution in [0.25, 0.3) is 0 Å². The lowest BCUT2D eigenvalue weighted by atomic mass is 10.0. The first-order valence-corrected chi connectivity index (χ1v) is 11.8. The van der Waals surface area contributed by atoms with Crippen molar-refractivity contribution in [2.24, 2.45) is 11.1 Å². The van der Waals surface area contributed by atoms with Crippen LogP contribution in [0.1, 0.15) is 31.2 Å². The van der Waals surface area contributed by atoms with Crippen LogP contribution < -0.4 is 0 Å². The number of aliphatic hydroxyl groups excluding tert-OH is 1. The Morgan fingerprint density at radius 1 is 1.37 bits per heavy atom. The third-order valence-electron chi connectivity index (χ3n) is 4.58. The number of carbonyl (C=O) groups is 2. The van der Waals surface area contributed by atoms with Gasteiger partial charge in [-0.3, -0.25) is 9.59 Å². The second kappa shape index (κ2) is 16.1. The number of hydrogen-bond donors (Lipinski definition) is 2. The van der Waals surface area contributed by atoms with Crippen molar-refractivity contribution < 1.29 is 19.4 Å². The van der Waals surface area contributed by atoms with E-state index in [1.54, 1.807) is 23.9 Å². The van der Waals surface area contributed by atoms with Gasteiger partial charge in [0.05, 0.1) is 19.0 Å². The Bertz CT molecular complexity index is 669. The first kappa shape index (κ1) is 26.4. The van der Waals surface area contributed by atoms with Crippen molar-refractivity contribution in [2.75, 3.05) is 24.4 Å². The molecular weight excluding hydrogens is 422 g/mol. The summed E-state index contributed by atoms with van der Waals surface area (Å²) in [4.78, 5) is 32.4. The zero-order chi connectivity index (χ0) is 22.2. The minimum absolute atomic E-state index is 0.0722. The summed E-state index contributed by atoms with van der Waals surface area (Å²) in [5.41, 5.74) is 1.18. The predicted molar refractivity (Wildman–Crippen MR) is 125 cm³/mol. The Hall–Kier alpha value is -1.64. The van der Waals surface area contributed by atoms with Crippen LogP contribution in [0.3, 0.4) is 0 Å². The molecule has 166 valence electrons. The molecule has 1 aliphatic rings. The van der Waals surface area contributed by atoms with Crippen LogP contribution in [-0.4, -0.2) is 53.4 Å². The number of nitroso groups, excluding NO2 is 1. The number of nitrogens with zero attached hydrogens (tertiary/aromatic N) is 1. The Balaban J connectivity index is 0.000000382. The van der Waals surface area contributed by atoms with Gasteiger partial charge in [-0.25, -0.2) is 0 Å². The number of aliphatic hydroxyl groups is 1. The van der Waals surface area contributed by atoms with E-state index in [9.17, 15) is 19.6 Å². The highest BCUT2D eigenvalue weighted by atomic mass is 32.2. The molecule has 2 rings (SSSR count). The van der Waals surface area contributed by atoms with Gasteiger partial charge in [-0.05, 0) is 36.3 Å². The SMILES string of the molecule is COC(=O)CSCCCS.O=NC1CC(=O)CC1/C=C/C(O)CCc1ccccc1. The largest absolute Gasteiger partial charge is 0.468 e. The van der Waals surface area contributed by atoms with E-state index in [0.717, 1.165) is 24.3 Å². The molecule has 0 aromatic heterocycles. The minimum atomic E-state index is -0.557. The molecule has 1 fully saturated rings. The van der Waals surface area contributed by atoms with Crippen molar-refractivity contribution >= 4 is 36.1 Å². The number of thioether (sulfide) groups is 1. The molecule has 0 saturated heterocycles. The summed E-state index contributed by atoms with van der Waals surface area (Å²) in [5.74, 6) is 2.11.